The first-order valence-electron chi connectivity index (χ1n) is 6.49. The van der Waals surface area contributed by atoms with Crippen molar-refractivity contribution < 1.29 is 9.59 Å². The smallest absolute Gasteiger partial charge is 0.225 e. The number of hydrogen-bond donors (Lipinski definition) is 2. The van der Waals surface area contributed by atoms with E-state index < -0.39 is 0 Å². The van der Waals surface area contributed by atoms with Gasteiger partial charge in [0.1, 0.15) is 0 Å². The fourth-order valence-corrected chi connectivity index (χ4v) is 2.55. The summed E-state index contributed by atoms with van der Waals surface area (Å²) in [4.78, 5) is 25.3. The Morgan fingerprint density at radius 1 is 1.59 bits per heavy atom. The second kappa shape index (κ2) is 5.49. The topological polar surface area (TPSA) is 61.4 Å². The van der Waals surface area contributed by atoms with E-state index in [-0.39, 0.29) is 23.8 Å². The number of piperidine rings is 1. The molecule has 5 nitrogen and oxygen atoms in total. The third-order valence-corrected chi connectivity index (χ3v) is 3.61. The van der Waals surface area contributed by atoms with Gasteiger partial charge in [-0.3, -0.25) is 9.59 Å². The van der Waals surface area contributed by atoms with Crippen molar-refractivity contribution in [3.8, 4) is 0 Å². The minimum Gasteiger partial charge on any atom is -0.352 e. The molecule has 2 amide bonds. The zero-order chi connectivity index (χ0) is 12.3. The second-order valence-electron chi connectivity index (χ2n) is 4.89. The Hall–Kier alpha value is -1.10. The highest BCUT2D eigenvalue weighted by Gasteiger charge is 2.34. The van der Waals surface area contributed by atoms with Gasteiger partial charge in [0.15, 0.2) is 0 Å². The number of carbonyl (C=O) groups excluding carboxylic acids is 2. The molecule has 2 rings (SSSR count). The molecule has 2 N–H and O–H groups in total. The van der Waals surface area contributed by atoms with Crippen molar-refractivity contribution in [3.63, 3.8) is 0 Å². The van der Waals surface area contributed by atoms with Gasteiger partial charge in [0.05, 0.1) is 5.92 Å². The number of hydrogen-bond acceptors (Lipinski definition) is 3. The lowest BCUT2D eigenvalue weighted by molar-refractivity contribution is -0.129. The summed E-state index contributed by atoms with van der Waals surface area (Å²) in [6, 6.07) is 0.238. The molecule has 2 aliphatic rings. The lowest BCUT2D eigenvalue weighted by atomic mass is 10.0. The molecule has 2 fully saturated rings. The first-order valence-corrected chi connectivity index (χ1v) is 6.49. The highest BCUT2D eigenvalue weighted by Crippen LogP contribution is 2.18. The fourth-order valence-electron chi connectivity index (χ4n) is 2.55. The Balaban J connectivity index is 1.82. The molecule has 0 radical (unpaired) electrons. The molecule has 2 heterocycles. The van der Waals surface area contributed by atoms with Crippen LogP contribution in [0.3, 0.4) is 0 Å². The maximum absolute atomic E-state index is 12.0. The SMILES string of the molecule is CCN1CC(C(=O)N[C@H]2CCCNC2)CC1=O. The number of carbonyl (C=O) groups is 2. The van der Waals surface area contributed by atoms with E-state index in [9.17, 15) is 9.59 Å². The van der Waals surface area contributed by atoms with E-state index in [1.807, 2.05) is 6.92 Å². The van der Waals surface area contributed by atoms with E-state index in [2.05, 4.69) is 10.6 Å². The largest absolute Gasteiger partial charge is 0.352 e. The molecule has 0 aromatic carbocycles. The Bertz CT molecular complexity index is 300. The lowest BCUT2D eigenvalue weighted by Gasteiger charge is -2.25. The quantitative estimate of drug-likeness (QED) is 0.712. The minimum atomic E-state index is -0.149. The van der Waals surface area contributed by atoms with E-state index in [0.717, 1.165) is 25.9 Å². The van der Waals surface area contributed by atoms with Crippen LogP contribution in [0.2, 0.25) is 0 Å². The number of rotatable bonds is 3. The van der Waals surface area contributed by atoms with Crippen LogP contribution >= 0.6 is 0 Å². The summed E-state index contributed by atoms with van der Waals surface area (Å²) in [5.74, 6) is 0.00166. The van der Waals surface area contributed by atoms with E-state index in [1.165, 1.54) is 0 Å². The number of amides is 2. The van der Waals surface area contributed by atoms with Crippen molar-refractivity contribution in [2.24, 2.45) is 5.92 Å². The van der Waals surface area contributed by atoms with Crippen LogP contribution in [0.4, 0.5) is 0 Å². The first-order chi connectivity index (χ1) is 8.20. The third kappa shape index (κ3) is 2.97. The van der Waals surface area contributed by atoms with Crippen molar-refractivity contribution in [1.82, 2.24) is 15.5 Å². The van der Waals surface area contributed by atoms with Gasteiger partial charge in [-0.2, -0.15) is 0 Å². The molecule has 17 heavy (non-hydrogen) atoms. The molecule has 1 unspecified atom stereocenters. The fraction of sp³-hybridized carbons (Fsp3) is 0.833. The Morgan fingerprint density at radius 3 is 3.00 bits per heavy atom. The maximum atomic E-state index is 12.0. The van der Waals surface area contributed by atoms with Gasteiger partial charge < -0.3 is 15.5 Å². The van der Waals surface area contributed by atoms with Gasteiger partial charge in [-0.15, -0.1) is 0 Å². The lowest BCUT2D eigenvalue weighted by Crippen LogP contribution is -2.47. The maximum Gasteiger partial charge on any atom is 0.225 e. The third-order valence-electron chi connectivity index (χ3n) is 3.61. The average molecular weight is 239 g/mol. The van der Waals surface area contributed by atoms with Gasteiger partial charge >= 0.3 is 0 Å². The summed E-state index contributed by atoms with van der Waals surface area (Å²) in [7, 11) is 0. The Morgan fingerprint density at radius 2 is 2.41 bits per heavy atom. The van der Waals surface area contributed by atoms with Gasteiger partial charge in [0.2, 0.25) is 11.8 Å². The van der Waals surface area contributed by atoms with Crippen LogP contribution in [0.15, 0.2) is 0 Å². The van der Waals surface area contributed by atoms with E-state index in [1.54, 1.807) is 4.90 Å². The summed E-state index contributed by atoms with van der Waals surface area (Å²) in [6.07, 6.45) is 2.52. The highest BCUT2D eigenvalue weighted by atomic mass is 16.2. The Kier molecular flexibility index (Phi) is 3.99. The molecular weight excluding hydrogens is 218 g/mol. The summed E-state index contributed by atoms with van der Waals surface area (Å²) >= 11 is 0. The second-order valence-corrected chi connectivity index (χ2v) is 4.89. The summed E-state index contributed by atoms with van der Waals surface area (Å²) in [6.45, 7) is 5.12. The van der Waals surface area contributed by atoms with Crippen LogP contribution in [0, 0.1) is 5.92 Å². The number of nitrogens with one attached hydrogen (secondary N) is 2. The molecule has 0 spiro atoms. The number of nitrogens with zero attached hydrogens (tertiary/aromatic N) is 1. The molecule has 2 aliphatic heterocycles. The van der Waals surface area contributed by atoms with Gasteiger partial charge in [-0.05, 0) is 26.3 Å². The first kappa shape index (κ1) is 12.4. The predicted molar refractivity (Wildman–Crippen MR) is 64.4 cm³/mol. The van der Waals surface area contributed by atoms with Crippen molar-refractivity contribution in [2.45, 2.75) is 32.2 Å². The molecule has 0 aromatic heterocycles. The van der Waals surface area contributed by atoms with Crippen molar-refractivity contribution >= 4 is 11.8 Å². The molecule has 2 atom stereocenters. The minimum absolute atomic E-state index is 0.0444. The van der Waals surface area contributed by atoms with E-state index >= 15 is 0 Å². The van der Waals surface area contributed by atoms with Crippen molar-refractivity contribution in [3.05, 3.63) is 0 Å². The van der Waals surface area contributed by atoms with Gasteiger partial charge in [0, 0.05) is 32.1 Å². The molecule has 0 saturated carbocycles. The summed E-state index contributed by atoms with van der Waals surface area (Å²) in [5, 5.41) is 6.31. The molecule has 0 aromatic rings. The average Bonchev–Trinajstić information content (AvgIpc) is 2.72. The van der Waals surface area contributed by atoms with Crippen LogP contribution in [0.1, 0.15) is 26.2 Å². The zero-order valence-corrected chi connectivity index (χ0v) is 10.4. The Labute approximate surface area is 102 Å². The van der Waals surface area contributed by atoms with Gasteiger partial charge in [-0.25, -0.2) is 0 Å². The molecule has 0 aliphatic carbocycles. The van der Waals surface area contributed by atoms with E-state index in [4.69, 9.17) is 0 Å². The van der Waals surface area contributed by atoms with E-state index in [0.29, 0.717) is 19.5 Å². The monoisotopic (exact) mass is 239 g/mol. The summed E-state index contributed by atoms with van der Waals surface area (Å²) in [5.41, 5.74) is 0. The van der Waals surface area contributed by atoms with Gasteiger partial charge in [-0.1, -0.05) is 0 Å². The molecule has 96 valence electrons. The van der Waals surface area contributed by atoms with Crippen molar-refractivity contribution in [1.29, 1.82) is 0 Å². The highest BCUT2D eigenvalue weighted by molar-refractivity contribution is 5.89. The zero-order valence-electron chi connectivity index (χ0n) is 10.4. The molecule has 2 saturated heterocycles. The molecule has 5 heteroatoms. The van der Waals surface area contributed by atoms with Crippen LogP contribution in [0.25, 0.3) is 0 Å². The standard InChI is InChI=1S/C12H21N3O2/c1-2-15-8-9(6-11(15)16)12(17)14-10-4-3-5-13-7-10/h9-10,13H,2-8H2,1H3,(H,14,17)/t9?,10-/m0/s1. The molecular formula is C12H21N3O2. The van der Waals surface area contributed by atoms with Crippen LogP contribution < -0.4 is 10.6 Å². The van der Waals surface area contributed by atoms with Crippen molar-refractivity contribution in [2.75, 3.05) is 26.2 Å². The number of likely N-dealkylation sites (tertiary alicyclic amines) is 1. The normalized spacial score (nSPS) is 29.5. The van der Waals surface area contributed by atoms with Gasteiger partial charge in [0.25, 0.3) is 0 Å². The van der Waals surface area contributed by atoms with Crippen LogP contribution in [-0.2, 0) is 9.59 Å². The van der Waals surface area contributed by atoms with Crippen LogP contribution in [0.5, 0.6) is 0 Å². The van der Waals surface area contributed by atoms with Crippen LogP contribution in [-0.4, -0.2) is 48.9 Å². The summed E-state index contributed by atoms with van der Waals surface area (Å²) < 4.78 is 0. The molecule has 0 bridgehead atoms. The predicted octanol–water partition coefficient (Wildman–Crippen LogP) is -0.277.